The normalized spacial score (nSPS) is 13.2. The largest absolute Gasteiger partial charge is 0.389 e. The zero-order valence-corrected chi connectivity index (χ0v) is 11.6. The fraction of sp³-hybridized carbons (Fsp3) is 0.538. The number of nitro benzene ring substituents is 1. The Bertz CT molecular complexity index is 466. The summed E-state index contributed by atoms with van der Waals surface area (Å²) < 4.78 is 0. The summed E-state index contributed by atoms with van der Waals surface area (Å²) in [5.41, 5.74) is -0.125. The second-order valence-electron chi connectivity index (χ2n) is 5.35. The van der Waals surface area contributed by atoms with Crippen LogP contribution in [0.4, 0.5) is 11.4 Å². The number of hydrogen-bond donors (Lipinski definition) is 2. The molecule has 0 amide bonds. The molecule has 19 heavy (non-hydrogen) atoms. The van der Waals surface area contributed by atoms with Gasteiger partial charge in [0.15, 0.2) is 0 Å². The van der Waals surface area contributed by atoms with Crippen molar-refractivity contribution in [3.05, 3.63) is 33.9 Å². The number of hydrogen-bond acceptors (Lipinski definition) is 5. The predicted molar refractivity (Wildman–Crippen MR) is 73.3 cm³/mol. The molecule has 0 radical (unpaired) electrons. The Morgan fingerprint density at radius 1 is 1.47 bits per heavy atom. The summed E-state index contributed by atoms with van der Waals surface area (Å²) in [6.07, 6.45) is -0.757. The van der Waals surface area contributed by atoms with Gasteiger partial charge in [0, 0.05) is 19.7 Å². The molecule has 0 aromatic heterocycles. The molecule has 0 aliphatic carbocycles. The van der Waals surface area contributed by atoms with Gasteiger partial charge in [-0.15, -0.1) is 0 Å². The van der Waals surface area contributed by atoms with Crippen molar-refractivity contribution in [2.45, 2.75) is 32.5 Å². The van der Waals surface area contributed by atoms with Gasteiger partial charge in [-0.25, -0.2) is 0 Å². The van der Waals surface area contributed by atoms with Gasteiger partial charge < -0.3 is 15.1 Å². The standard InChI is InChI=1S/C13H20N2O4/c1-9(16)10-5-6-11(12(7-10)15(18)19)14(4)8-13(2,3)17/h5-7,9,16-17H,8H2,1-4H3/t9-/m1/s1. The minimum absolute atomic E-state index is 0.0786. The molecule has 0 aliphatic heterocycles. The van der Waals surface area contributed by atoms with Crippen LogP contribution in [0.15, 0.2) is 18.2 Å². The van der Waals surface area contributed by atoms with Crippen LogP contribution in [0, 0.1) is 10.1 Å². The third-order valence-corrected chi connectivity index (χ3v) is 2.71. The molecule has 1 aromatic rings. The fourth-order valence-electron chi connectivity index (χ4n) is 1.93. The lowest BCUT2D eigenvalue weighted by atomic mass is 10.1. The minimum atomic E-state index is -0.953. The molecule has 0 fully saturated rings. The van der Waals surface area contributed by atoms with E-state index in [1.807, 2.05) is 0 Å². The fourth-order valence-corrected chi connectivity index (χ4v) is 1.93. The van der Waals surface area contributed by atoms with Gasteiger partial charge in [-0.2, -0.15) is 0 Å². The molecular weight excluding hydrogens is 248 g/mol. The average Bonchev–Trinajstić information content (AvgIpc) is 2.25. The van der Waals surface area contributed by atoms with E-state index in [-0.39, 0.29) is 12.2 Å². The van der Waals surface area contributed by atoms with Crippen molar-refractivity contribution in [3.8, 4) is 0 Å². The van der Waals surface area contributed by atoms with Gasteiger partial charge in [-0.1, -0.05) is 6.07 Å². The molecule has 0 saturated carbocycles. The molecule has 0 unspecified atom stereocenters. The zero-order chi connectivity index (χ0) is 14.8. The molecule has 106 valence electrons. The summed E-state index contributed by atoms with van der Waals surface area (Å²) in [5, 5.41) is 30.3. The van der Waals surface area contributed by atoms with E-state index in [2.05, 4.69) is 0 Å². The van der Waals surface area contributed by atoms with Crippen LogP contribution in [0.25, 0.3) is 0 Å². The lowest BCUT2D eigenvalue weighted by Gasteiger charge is -2.27. The summed E-state index contributed by atoms with van der Waals surface area (Å²) in [6, 6.07) is 4.60. The smallest absolute Gasteiger partial charge is 0.292 e. The van der Waals surface area contributed by atoms with Crippen molar-refractivity contribution in [1.29, 1.82) is 0 Å². The number of aliphatic hydroxyl groups is 2. The number of rotatable bonds is 5. The van der Waals surface area contributed by atoms with Crippen LogP contribution in [0.3, 0.4) is 0 Å². The number of benzene rings is 1. The van der Waals surface area contributed by atoms with Crippen LogP contribution in [0.5, 0.6) is 0 Å². The first-order chi connectivity index (χ1) is 8.61. The molecule has 0 aliphatic rings. The first-order valence-electron chi connectivity index (χ1n) is 6.02. The van der Waals surface area contributed by atoms with Crippen LogP contribution in [-0.4, -0.2) is 34.3 Å². The molecule has 0 spiro atoms. The third kappa shape index (κ3) is 4.18. The lowest BCUT2D eigenvalue weighted by Crippen LogP contribution is -2.36. The average molecular weight is 268 g/mol. The SMILES string of the molecule is C[C@@H](O)c1ccc(N(C)CC(C)(C)O)c([N+](=O)[O-])c1. The highest BCUT2D eigenvalue weighted by molar-refractivity contribution is 5.64. The number of likely N-dealkylation sites (N-methyl/N-ethyl adjacent to an activating group) is 1. The van der Waals surface area contributed by atoms with Crippen LogP contribution in [0.1, 0.15) is 32.4 Å². The molecule has 0 heterocycles. The van der Waals surface area contributed by atoms with E-state index in [0.29, 0.717) is 11.3 Å². The molecule has 0 saturated heterocycles. The van der Waals surface area contributed by atoms with E-state index in [9.17, 15) is 20.3 Å². The quantitative estimate of drug-likeness (QED) is 0.628. The maximum Gasteiger partial charge on any atom is 0.292 e. The molecular formula is C13H20N2O4. The zero-order valence-electron chi connectivity index (χ0n) is 11.6. The van der Waals surface area contributed by atoms with Crippen LogP contribution >= 0.6 is 0 Å². The van der Waals surface area contributed by atoms with Crippen molar-refractivity contribution >= 4 is 11.4 Å². The third-order valence-electron chi connectivity index (χ3n) is 2.71. The topological polar surface area (TPSA) is 86.8 Å². The van der Waals surface area contributed by atoms with Crippen LogP contribution < -0.4 is 4.90 Å². The molecule has 6 nitrogen and oxygen atoms in total. The summed E-state index contributed by atoms with van der Waals surface area (Å²) in [6.45, 7) is 5.10. The number of nitro groups is 1. The van der Waals surface area contributed by atoms with E-state index >= 15 is 0 Å². The maximum atomic E-state index is 11.1. The van der Waals surface area contributed by atoms with Crippen LogP contribution in [0.2, 0.25) is 0 Å². The summed E-state index contributed by atoms with van der Waals surface area (Å²) >= 11 is 0. The maximum absolute atomic E-state index is 11.1. The minimum Gasteiger partial charge on any atom is -0.389 e. The Hall–Kier alpha value is -1.66. The summed E-state index contributed by atoms with van der Waals surface area (Å²) in [7, 11) is 1.68. The van der Waals surface area contributed by atoms with Gasteiger partial charge in [0.05, 0.1) is 16.6 Å². The summed E-state index contributed by atoms with van der Waals surface area (Å²) in [4.78, 5) is 12.2. The molecule has 1 aromatic carbocycles. The number of anilines is 1. The van der Waals surface area contributed by atoms with Gasteiger partial charge in [0.25, 0.3) is 5.69 Å². The Morgan fingerprint density at radius 2 is 2.05 bits per heavy atom. The highest BCUT2D eigenvalue weighted by atomic mass is 16.6. The van der Waals surface area contributed by atoms with Gasteiger partial charge in [-0.05, 0) is 32.4 Å². The highest BCUT2D eigenvalue weighted by Crippen LogP contribution is 2.31. The van der Waals surface area contributed by atoms with Crippen molar-refractivity contribution in [1.82, 2.24) is 0 Å². The van der Waals surface area contributed by atoms with Crippen LogP contribution in [-0.2, 0) is 0 Å². The Labute approximate surface area is 112 Å². The van der Waals surface area contributed by atoms with E-state index in [1.54, 1.807) is 44.9 Å². The Balaban J connectivity index is 3.17. The van der Waals surface area contributed by atoms with E-state index in [1.165, 1.54) is 6.07 Å². The van der Waals surface area contributed by atoms with Gasteiger partial charge >= 0.3 is 0 Å². The van der Waals surface area contributed by atoms with Gasteiger partial charge in [-0.3, -0.25) is 10.1 Å². The second kappa shape index (κ2) is 5.54. The Kier molecular flexibility index (Phi) is 4.49. The molecule has 1 rings (SSSR count). The highest BCUT2D eigenvalue weighted by Gasteiger charge is 2.23. The second-order valence-corrected chi connectivity index (χ2v) is 5.35. The number of aliphatic hydroxyl groups excluding tert-OH is 1. The first-order valence-corrected chi connectivity index (χ1v) is 6.02. The van der Waals surface area contributed by atoms with Crippen molar-refractivity contribution in [3.63, 3.8) is 0 Å². The predicted octanol–water partition coefficient (Wildman–Crippen LogP) is 1.86. The molecule has 0 bridgehead atoms. The van der Waals surface area contributed by atoms with E-state index in [4.69, 9.17) is 0 Å². The monoisotopic (exact) mass is 268 g/mol. The van der Waals surface area contributed by atoms with E-state index < -0.39 is 16.6 Å². The van der Waals surface area contributed by atoms with Gasteiger partial charge in [0.2, 0.25) is 0 Å². The van der Waals surface area contributed by atoms with Crippen molar-refractivity contribution in [2.24, 2.45) is 0 Å². The molecule has 6 heteroatoms. The lowest BCUT2D eigenvalue weighted by molar-refractivity contribution is -0.384. The van der Waals surface area contributed by atoms with Crippen molar-refractivity contribution in [2.75, 3.05) is 18.5 Å². The Morgan fingerprint density at radius 3 is 2.47 bits per heavy atom. The molecule has 2 N–H and O–H groups in total. The number of nitrogens with zero attached hydrogens (tertiary/aromatic N) is 2. The van der Waals surface area contributed by atoms with Crippen molar-refractivity contribution < 1.29 is 15.1 Å². The van der Waals surface area contributed by atoms with E-state index in [0.717, 1.165) is 0 Å². The van der Waals surface area contributed by atoms with Gasteiger partial charge in [0.1, 0.15) is 5.69 Å². The first kappa shape index (κ1) is 15.4. The molecule has 1 atom stereocenters. The summed E-state index contributed by atoms with van der Waals surface area (Å²) in [5.74, 6) is 0.